The topological polar surface area (TPSA) is 64.0 Å². The summed E-state index contributed by atoms with van der Waals surface area (Å²) in [6.07, 6.45) is 2.29. The van der Waals surface area contributed by atoms with Crippen LogP contribution in [0.5, 0.6) is 0 Å². The molecule has 1 atom stereocenters. The molecule has 1 aliphatic carbocycles. The quantitative estimate of drug-likeness (QED) is 0.910. The first-order valence-corrected chi connectivity index (χ1v) is 7.47. The molecule has 0 radical (unpaired) electrons. The van der Waals surface area contributed by atoms with Gasteiger partial charge in [-0.1, -0.05) is 18.2 Å². The normalized spacial score (nSPS) is 16.9. The van der Waals surface area contributed by atoms with E-state index in [-0.39, 0.29) is 17.5 Å². The van der Waals surface area contributed by atoms with Gasteiger partial charge in [0.05, 0.1) is 5.69 Å². The molecule has 0 aliphatic heterocycles. The fourth-order valence-electron chi connectivity index (χ4n) is 2.90. The SMILES string of the molecule is Cc1ccccc1C(=O)N[C@H]1CCc2nn(C)c(=O)cc2C1. The average molecular weight is 297 g/mol. The number of rotatable bonds is 2. The van der Waals surface area contributed by atoms with Crippen molar-refractivity contribution >= 4 is 5.91 Å². The van der Waals surface area contributed by atoms with E-state index in [1.54, 1.807) is 13.1 Å². The Kier molecular flexibility index (Phi) is 3.79. The van der Waals surface area contributed by atoms with Crippen molar-refractivity contribution < 1.29 is 4.79 Å². The molecule has 0 spiro atoms. The molecule has 22 heavy (non-hydrogen) atoms. The lowest BCUT2D eigenvalue weighted by Crippen LogP contribution is -2.40. The van der Waals surface area contributed by atoms with Crippen molar-refractivity contribution in [2.45, 2.75) is 32.2 Å². The first kappa shape index (κ1) is 14.5. The van der Waals surface area contributed by atoms with Gasteiger partial charge in [0.1, 0.15) is 0 Å². The van der Waals surface area contributed by atoms with Gasteiger partial charge in [0, 0.05) is 24.7 Å². The van der Waals surface area contributed by atoms with Gasteiger partial charge in [0.25, 0.3) is 11.5 Å². The van der Waals surface area contributed by atoms with Gasteiger partial charge in [0.15, 0.2) is 0 Å². The second-order valence-electron chi connectivity index (χ2n) is 5.81. The summed E-state index contributed by atoms with van der Waals surface area (Å²) in [6, 6.07) is 9.23. The maximum atomic E-state index is 12.4. The smallest absolute Gasteiger partial charge is 0.266 e. The lowest BCUT2D eigenvalue weighted by molar-refractivity contribution is 0.0933. The monoisotopic (exact) mass is 297 g/mol. The Morgan fingerprint density at radius 1 is 1.36 bits per heavy atom. The minimum absolute atomic E-state index is 0.0495. The van der Waals surface area contributed by atoms with Gasteiger partial charge in [-0.2, -0.15) is 5.10 Å². The number of aryl methyl sites for hydroxylation is 3. The van der Waals surface area contributed by atoms with Gasteiger partial charge >= 0.3 is 0 Å². The van der Waals surface area contributed by atoms with Gasteiger partial charge in [-0.3, -0.25) is 9.59 Å². The molecule has 114 valence electrons. The second kappa shape index (κ2) is 5.75. The van der Waals surface area contributed by atoms with Gasteiger partial charge in [-0.15, -0.1) is 0 Å². The zero-order valence-corrected chi connectivity index (χ0v) is 12.8. The van der Waals surface area contributed by atoms with Gasteiger partial charge in [-0.25, -0.2) is 4.68 Å². The van der Waals surface area contributed by atoms with E-state index in [2.05, 4.69) is 10.4 Å². The van der Waals surface area contributed by atoms with Crippen LogP contribution >= 0.6 is 0 Å². The number of hydrogen-bond acceptors (Lipinski definition) is 3. The Balaban J connectivity index is 1.75. The van der Waals surface area contributed by atoms with E-state index < -0.39 is 0 Å². The van der Waals surface area contributed by atoms with Crippen molar-refractivity contribution in [3.8, 4) is 0 Å². The summed E-state index contributed by atoms with van der Waals surface area (Å²) >= 11 is 0. The molecule has 0 unspecified atom stereocenters. The van der Waals surface area contributed by atoms with Crippen molar-refractivity contribution in [2.24, 2.45) is 7.05 Å². The van der Waals surface area contributed by atoms with Crippen molar-refractivity contribution in [3.05, 3.63) is 63.1 Å². The Hall–Kier alpha value is -2.43. The maximum absolute atomic E-state index is 12.4. The van der Waals surface area contributed by atoms with E-state index in [9.17, 15) is 9.59 Å². The van der Waals surface area contributed by atoms with E-state index in [1.165, 1.54) is 4.68 Å². The highest BCUT2D eigenvalue weighted by Crippen LogP contribution is 2.18. The number of benzene rings is 1. The molecule has 5 heteroatoms. The van der Waals surface area contributed by atoms with E-state index in [1.807, 2.05) is 31.2 Å². The van der Waals surface area contributed by atoms with Crippen LogP contribution in [0.2, 0.25) is 0 Å². The van der Waals surface area contributed by atoms with Crippen LogP contribution in [0.25, 0.3) is 0 Å². The van der Waals surface area contributed by atoms with Crippen LogP contribution in [0, 0.1) is 6.92 Å². The minimum atomic E-state index is -0.107. The lowest BCUT2D eigenvalue weighted by atomic mass is 9.92. The number of nitrogens with one attached hydrogen (secondary N) is 1. The van der Waals surface area contributed by atoms with Crippen LogP contribution in [-0.2, 0) is 19.9 Å². The van der Waals surface area contributed by atoms with Crippen LogP contribution < -0.4 is 10.9 Å². The predicted octanol–water partition coefficient (Wildman–Crippen LogP) is 1.38. The third kappa shape index (κ3) is 2.79. The van der Waals surface area contributed by atoms with Crippen LogP contribution in [0.3, 0.4) is 0 Å². The zero-order chi connectivity index (χ0) is 15.7. The molecule has 1 aromatic carbocycles. The van der Waals surface area contributed by atoms with Crippen LogP contribution in [0.15, 0.2) is 35.1 Å². The zero-order valence-electron chi connectivity index (χ0n) is 12.8. The number of nitrogens with zero attached hydrogens (tertiary/aromatic N) is 2. The lowest BCUT2D eigenvalue weighted by Gasteiger charge is -2.25. The molecule has 1 N–H and O–H groups in total. The molecule has 0 bridgehead atoms. The Morgan fingerprint density at radius 3 is 2.91 bits per heavy atom. The molecule has 0 saturated heterocycles. The third-order valence-corrected chi connectivity index (χ3v) is 4.18. The molecular weight excluding hydrogens is 278 g/mol. The Bertz CT molecular complexity index is 780. The molecule has 1 aromatic heterocycles. The highest BCUT2D eigenvalue weighted by atomic mass is 16.1. The van der Waals surface area contributed by atoms with E-state index >= 15 is 0 Å². The predicted molar refractivity (Wildman–Crippen MR) is 83.9 cm³/mol. The summed E-state index contributed by atoms with van der Waals surface area (Å²) in [5.41, 5.74) is 3.47. The van der Waals surface area contributed by atoms with Crippen molar-refractivity contribution in [2.75, 3.05) is 0 Å². The third-order valence-electron chi connectivity index (χ3n) is 4.18. The second-order valence-corrected chi connectivity index (χ2v) is 5.81. The highest BCUT2D eigenvalue weighted by molar-refractivity contribution is 5.95. The van der Waals surface area contributed by atoms with Crippen LogP contribution in [0.4, 0.5) is 0 Å². The number of carbonyl (C=O) groups is 1. The maximum Gasteiger partial charge on any atom is 0.266 e. The van der Waals surface area contributed by atoms with Crippen molar-refractivity contribution in [1.82, 2.24) is 15.1 Å². The molecule has 0 fully saturated rings. The molecule has 3 rings (SSSR count). The number of carbonyl (C=O) groups excluding carboxylic acids is 1. The van der Waals surface area contributed by atoms with Crippen molar-refractivity contribution in [3.63, 3.8) is 0 Å². The summed E-state index contributed by atoms with van der Waals surface area (Å²) in [7, 11) is 1.66. The van der Waals surface area contributed by atoms with E-state index in [0.717, 1.165) is 29.7 Å². The fourth-order valence-corrected chi connectivity index (χ4v) is 2.90. The fraction of sp³-hybridized carbons (Fsp3) is 0.353. The number of fused-ring (bicyclic) bond motifs is 1. The standard InChI is InChI=1S/C17H19N3O2/c1-11-5-3-4-6-14(11)17(22)18-13-7-8-15-12(9-13)10-16(21)20(2)19-15/h3-6,10,13H,7-9H2,1-2H3,(H,18,22)/t13-/m0/s1. The first-order chi connectivity index (χ1) is 10.5. The Labute approximate surface area is 129 Å². The first-order valence-electron chi connectivity index (χ1n) is 7.47. The van der Waals surface area contributed by atoms with Crippen molar-refractivity contribution in [1.29, 1.82) is 0 Å². The van der Waals surface area contributed by atoms with Gasteiger partial charge < -0.3 is 5.32 Å². The molecular formula is C17H19N3O2. The molecule has 1 heterocycles. The molecule has 5 nitrogen and oxygen atoms in total. The highest BCUT2D eigenvalue weighted by Gasteiger charge is 2.23. The van der Waals surface area contributed by atoms with Crippen LogP contribution in [0.1, 0.15) is 33.6 Å². The number of amides is 1. The average Bonchev–Trinajstić information content (AvgIpc) is 2.49. The van der Waals surface area contributed by atoms with Gasteiger partial charge in [-0.05, 0) is 43.4 Å². The molecule has 1 aliphatic rings. The summed E-state index contributed by atoms with van der Waals surface area (Å²) in [4.78, 5) is 24.1. The molecule has 0 saturated carbocycles. The van der Waals surface area contributed by atoms with Gasteiger partial charge in [0.2, 0.25) is 0 Å². The Morgan fingerprint density at radius 2 is 2.14 bits per heavy atom. The van der Waals surface area contributed by atoms with E-state index in [4.69, 9.17) is 0 Å². The summed E-state index contributed by atoms with van der Waals surface area (Å²) in [5, 5.41) is 7.37. The summed E-state index contributed by atoms with van der Waals surface area (Å²) in [6.45, 7) is 1.93. The number of hydrogen-bond donors (Lipinski definition) is 1. The molecule has 1 amide bonds. The van der Waals surface area contributed by atoms with Crippen LogP contribution in [-0.4, -0.2) is 21.7 Å². The van der Waals surface area contributed by atoms with E-state index in [0.29, 0.717) is 12.0 Å². The largest absolute Gasteiger partial charge is 0.349 e. The minimum Gasteiger partial charge on any atom is -0.349 e. The summed E-state index contributed by atoms with van der Waals surface area (Å²) in [5.74, 6) is -0.0525. The summed E-state index contributed by atoms with van der Waals surface area (Å²) < 4.78 is 1.37. The number of aromatic nitrogens is 2. The molecule has 2 aromatic rings.